The molecule has 0 N–H and O–H groups in total. The molecular formula is C15H13N3O. The normalized spacial score (nSPS) is 9.68. The maximum absolute atomic E-state index is 12.4. The fourth-order valence-corrected chi connectivity index (χ4v) is 1.64. The van der Waals surface area contributed by atoms with E-state index in [0.29, 0.717) is 11.3 Å². The van der Waals surface area contributed by atoms with Gasteiger partial charge in [0.2, 0.25) is 0 Å². The third-order valence-electron chi connectivity index (χ3n) is 2.61. The minimum atomic E-state index is -0.182. The summed E-state index contributed by atoms with van der Waals surface area (Å²) in [7, 11) is 0. The van der Waals surface area contributed by atoms with E-state index in [1.165, 1.54) is 4.90 Å². The van der Waals surface area contributed by atoms with Crippen molar-refractivity contribution in [3.8, 4) is 12.3 Å². The number of nitrogens with zero attached hydrogens (tertiary/aromatic N) is 3. The molecule has 4 heteroatoms. The third kappa shape index (κ3) is 2.96. The van der Waals surface area contributed by atoms with Crippen molar-refractivity contribution in [2.75, 3.05) is 11.4 Å². The van der Waals surface area contributed by atoms with E-state index in [-0.39, 0.29) is 12.5 Å². The van der Waals surface area contributed by atoms with Crippen LogP contribution >= 0.6 is 0 Å². The molecule has 0 spiro atoms. The largest absolute Gasteiger partial charge is 0.295 e. The summed E-state index contributed by atoms with van der Waals surface area (Å²) in [6.07, 6.45) is 10.1. The van der Waals surface area contributed by atoms with Crippen LogP contribution in [0.3, 0.4) is 0 Å². The fraction of sp³-hybridized carbons (Fsp3) is 0.133. The summed E-state index contributed by atoms with van der Waals surface area (Å²) in [6, 6.07) is 7.10. The maximum Gasteiger partial charge on any atom is 0.260 e. The molecule has 0 saturated carbocycles. The first kappa shape index (κ1) is 12.8. The molecule has 1 amide bonds. The Balaban J connectivity index is 2.32. The first-order valence-electron chi connectivity index (χ1n) is 5.80. The zero-order chi connectivity index (χ0) is 13.7. The van der Waals surface area contributed by atoms with Crippen LogP contribution in [0.2, 0.25) is 0 Å². The molecule has 2 rings (SSSR count). The van der Waals surface area contributed by atoms with Gasteiger partial charge in [0, 0.05) is 18.1 Å². The molecule has 19 heavy (non-hydrogen) atoms. The Bertz CT molecular complexity index is 600. The van der Waals surface area contributed by atoms with E-state index in [9.17, 15) is 4.79 Å². The van der Waals surface area contributed by atoms with Crippen molar-refractivity contribution in [1.29, 1.82) is 0 Å². The number of anilines is 1. The fourth-order valence-electron chi connectivity index (χ4n) is 1.64. The minimum Gasteiger partial charge on any atom is -0.295 e. The summed E-state index contributed by atoms with van der Waals surface area (Å²) < 4.78 is 0. The Morgan fingerprint density at radius 2 is 2.21 bits per heavy atom. The van der Waals surface area contributed by atoms with Gasteiger partial charge in [0.25, 0.3) is 5.91 Å². The van der Waals surface area contributed by atoms with E-state index >= 15 is 0 Å². The lowest BCUT2D eigenvalue weighted by atomic mass is 10.2. The molecular weight excluding hydrogens is 238 g/mol. The van der Waals surface area contributed by atoms with Gasteiger partial charge in [-0.05, 0) is 31.2 Å². The monoisotopic (exact) mass is 251 g/mol. The van der Waals surface area contributed by atoms with Crippen molar-refractivity contribution in [1.82, 2.24) is 9.97 Å². The second-order valence-corrected chi connectivity index (χ2v) is 3.99. The highest BCUT2D eigenvalue weighted by Crippen LogP contribution is 2.15. The molecule has 0 aliphatic heterocycles. The van der Waals surface area contributed by atoms with Crippen molar-refractivity contribution in [2.45, 2.75) is 6.92 Å². The van der Waals surface area contributed by atoms with Crippen LogP contribution in [0.15, 0.2) is 42.9 Å². The number of aryl methyl sites for hydroxylation is 1. The molecule has 0 unspecified atom stereocenters. The molecule has 0 saturated heterocycles. The first-order chi connectivity index (χ1) is 9.22. The second-order valence-electron chi connectivity index (χ2n) is 3.99. The highest BCUT2D eigenvalue weighted by Gasteiger charge is 2.17. The highest BCUT2D eigenvalue weighted by molar-refractivity contribution is 6.06. The summed E-state index contributed by atoms with van der Waals surface area (Å²) in [5.74, 6) is 2.30. The number of aromatic nitrogens is 2. The van der Waals surface area contributed by atoms with Gasteiger partial charge in [0.1, 0.15) is 0 Å². The standard InChI is InChI=1S/C15H13N3O/c1-3-9-18(14-5-4-8-16-11-14)15(19)13-7-6-12(2)17-10-13/h1,4-8,10-11H,9H2,2H3. The van der Waals surface area contributed by atoms with Gasteiger partial charge in [-0.15, -0.1) is 6.42 Å². The molecule has 2 heterocycles. The summed E-state index contributed by atoms with van der Waals surface area (Å²) in [5, 5.41) is 0. The van der Waals surface area contributed by atoms with Crippen LogP contribution < -0.4 is 4.90 Å². The molecule has 0 bridgehead atoms. The number of terminal acetylenes is 1. The van der Waals surface area contributed by atoms with Crippen molar-refractivity contribution < 1.29 is 4.79 Å². The predicted molar refractivity (Wildman–Crippen MR) is 73.7 cm³/mol. The van der Waals surface area contributed by atoms with Crippen molar-refractivity contribution in [3.63, 3.8) is 0 Å². The first-order valence-corrected chi connectivity index (χ1v) is 5.80. The van der Waals surface area contributed by atoms with Crippen LogP contribution in [0, 0.1) is 19.3 Å². The highest BCUT2D eigenvalue weighted by atomic mass is 16.2. The Labute approximate surface area is 112 Å². The Kier molecular flexibility index (Phi) is 3.89. The van der Waals surface area contributed by atoms with E-state index in [1.54, 1.807) is 42.9 Å². The molecule has 4 nitrogen and oxygen atoms in total. The van der Waals surface area contributed by atoms with E-state index in [0.717, 1.165) is 5.69 Å². The molecule has 0 atom stereocenters. The minimum absolute atomic E-state index is 0.182. The Morgan fingerprint density at radius 3 is 2.79 bits per heavy atom. The van der Waals surface area contributed by atoms with Crippen LogP contribution in [-0.2, 0) is 0 Å². The molecule has 2 aromatic heterocycles. The maximum atomic E-state index is 12.4. The Hall–Kier alpha value is -2.67. The number of amides is 1. The zero-order valence-electron chi connectivity index (χ0n) is 10.6. The number of rotatable bonds is 3. The van der Waals surface area contributed by atoms with Crippen LogP contribution in [0.4, 0.5) is 5.69 Å². The van der Waals surface area contributed by atoms with E-state index < -0.39 is 0 Å². The van der Waals surface area contributed by atoms with Gasteiger partial charge in [0.15, 0.2) is 0 Å². The van der Waals surface area contributed by atoms with Gasteiger partial charge in [-0.2, -0.15) is 0 Å². The topological polar surface area (TPSA) is 46.1 Å². The van der Waals surface area contributed by atoms with Gasteiger partial charge in [-0.25, -0.2) is 0 Å². The summed E-state index contributed by atoms with van der Waals surface area (Å²) in [4.78, 5) is 22.0. The van der Waals surface area contributed by atoms with Crippen LogP contribution in [-0.4, -0.2) is 22.4 Å². The number of carbonyl (C=O) groups excluding carboxylic acids is 1. The van der Waals surface area contributed by atoms with Crippen LogP contribution in [0.1, 0.15) is 16.1 Å². The molecule has 0 fully saturated rings. The van der Waals surface area contributed by atoms with Crippen molar-refractivity contribution >= 4 is 11.6 Å². The van der Waals surface area contributed by atoms with E-state index in [1.807, 2.05) is 6.92 Å². The number of pyridine rings is 2. The van der Waals surface area contributed by atoms with Gasteiger partial charge in [0.05, 0.1) is 24.0 Å². The van der Waals surface area contributed by atoms with E-state index in [4.69, 9.17) is 6.42 Å². The zero-order valence-corrected chi connectivity index (χ0v) is 10.6. The van der Waals surface area contributed by atoms with Crippen molar-refractivity contribution in [2.24, 2.45) is 0 Å². The SMILES string of the molecule is C#CCN(C(=O)c1ccc(C)nc1)c1cccnc1. The quantitative estimate of drug-likeness (QED) is 0.784. The third-order valence-corrected chi connectivity index (χ3v) is 2.61. The van der Waals surface area contributed by atoms with Crippen LogP contribution in [0.25, 0.3) is 0 Å². The molecule has 0 radical (unpaired) electrons. The lowest BCUT2D eigenvalue weighted by Gasteiger charge is -2.19. The second kappa shape index (κ2) is 5.78. The molecule has 2 aromatic rings. The smallest absolute Gasteiger partial charge is 0.260 e. The van der Waals surface area contributed by atoms with Gasteiger partial charge in [-0.3, -0.25) is 19.7 Å². The van der Waals surface area contributed by atoms with Crippen molar-refractivity contribution in [3.05, 3.63) is 54.1 Å². The number of hydrogen-bond donors (Lipinski definition) is 0. The summed E-state index contributed by atoms with van der Waals surface area (Å²) in [5.41, 5.74) is 2.04. The molecule has 0 aromatic carbocycles. The van der Waals surface area contributed by atoms with Gasteiger partial charge in [-0.1, -0.05) is 5.92 Å². The number of hydrogen-bond acceptors (Lipinski definition) is 3. The Morgan fingerprint density at radius 1 is 1.37 bits per heavy atom. The van der Waals surface area contributed by atoms with Gasteiger partial charge >= 0.3 is 0 Å². The number of carbonyl (C=O) groups is 1. The summed E-state index contributed by atoms with van der Waals surface area (Å²) >= 11 is 0. The van der Waals surface area contributed by atoms with Gasteiger partial charge < -0.3 is 0 Å². The van der Waals surface area contributed by atoms with Crippen LogP contribution in [0.5, 0.6) is 0 Å². The molecule has 94 valence electrons. The molecule has 0 aliphatic carbocycles. The van der Waals surface area contributed by atoms with E-state index in [2.05, 4.69) is 15.9 Å². The average Bonchev–Trinajstić information content (AvgIpc) is 2.46. The summed E-state index contributed by atoms with van der Waals surface area (Å²) in [6.45, 7) is 2.06. The lowest BCUT2D eigenvalue weighted by Crippen LogP contribution is -2.31. The predicted octanol–water partition coefficient (Wildman–Crippen LogP) is 2.07. The average molecular weight is 251 g/mol. The molecule has 0 aliphatic rings. The lowest BCUT2D eigenvalue weighted by molar-refractivity contribution is 0.0989.